The van der Waals surface area contributed by atoms with E-state index in [4.69, 9.17) is 12.2 Å². The third-order valence-corrected chi connectivity index (χ3v) is 6.76. The molecule has 30 heavy (non-hydrogen) atoms. The number of carbonyl (C=O) groups excluding carboxylic acids is 1. The van der Waals surface area contributed by atoms with Gasteiger partial charge >= 0.3 is 0 Å². The Labute approximate surface area is 186 Å². The number of hydrogen-bond acceptors (Lipinski definition) is 3. The van der Waals surface area contributed by atoms with Crippen molar-refractivity contribution in [2.75, 3.05) is 16.0 Å². The molecular weight excluding hydrogens is 410 g/mol. The fourth-order valence-corrected chi connectivity index (χ4v) is 5.46. The summed E-state index contributed by atoms with van der Waals surface area (Å²) in [7, 11) is 0. The summed E-state index contributed by atoms with van der Waals surface area (Å²) in [6.45, 7) is 4.27. The lowest BCUT2D eigenvalue weighted by atomic mass is 9.88. The summed E-state index contributed by atoms with van der Waals surface area (Å²) < 4.78 is 0. The molecule has 1 heterocycles. The molecule has 1 aromatic heterocycles. The number of thiophene rings is 1. The van der Waals surface area contributed by atoms with E-state index in [1.54, 1.807) is 11.3 Å². The Kier molecular flexibility index (Phi) is 6.16. The summed E-state index contributed by atoms with van der Waals surface area (Å²) in [6, 6.07) is 17.6. The van der Waals surface area contributed by atoms with E-state index in [0.717, 1.165) is 52.3 Å². The van der Waals surface area contributed by atoms with E-state index >= 15 is 0 Å². The van der Waals surface area contributed by atoms with Crippen LogP contribution in [0, 0.1) is 12.8 Å². The summed E-state index contributed by atoms with van der Waals surface area (Å²) in [5.41, 5.74) is 4.68. The maximum atomic E-state index is 13.3. The smallest absolute Gasteiger partial charge is 0.258 e. The van der Waals surface area contributed by atoms with Crippen LogP contribution in [-0.4, -0.2) is 11.0 Å². The molecule has 0 aliphatic heterocycles. The predicted molar refractivity (Wildman–Crippen MR) is 131 cm³/mol. The molecule has 3 N–H and O–H groups in total. The third kappa shape index (κ3) is 4.55. The van der Waals surface area contributed by atoms with Crippen LogP contribution in [0.4, 0.5) is 16.4 Å². The van der Waals surface area contributed by atoms with Gasteiger partial charge in [-0.2, -0.15) is 0 Å². The van der Waals surface area contributed by atoms with Crippen molar-refractivity contribution in [1.82, 2.24) is 0 Å². The van der Waals surface area contributed by atoms with Gasteiger partial charge in [0.05, 0.1) is 5.56 Å². The van der Waals surface area contributed by atoms with Gasteiger partial charge < -0.3 is 16.0 Å². The van der Waals surface area contributed by atoms with Crippen LogP contribution >= 0.6 is 23.6 Å². The number of rotatable bonds is 4. The number of benzene rings is 2. The second-order valence-corrected chi connectivity index (χ2v) is 9.28. The van der Waals surface area contributed by atoms with E-state index in [-0.39, 0.29) is 5.91 Å². The van der Waals surface area contributed by atoms with Crippen molar-refractivity contribution < 1.29 is 4.79 Å². The molecule has 0 radical (unpaired) electrons. The van der Waals surface area contributed by atoms with E-state index in [1.165, 1.54) is 4.88 Å². The Hall–Kier alpha value is -2.70. The zero-order valence-electron chi connectivity index (χ0n) is 17.1. The molecule has 154 valence electrons. The van der Waals surface area contributed by atoms with E-state index < -0.39 is 0 Å². The molecule has 2 aromatic carbocycles. The fourth-order valence-electron chi connectivity index (χ4n) is 3.76. The topological polar surface area (TPSA) is 53.2 Å². The molecule has 0 spiro atoms. The van der Waals surface area contributed by atoms with Gasteiger partial charge in [-0.1, -0.05) is 43.3 Å². The molecule has 4 nitrogen and oxygen atoms in total. The zero-order chi connectivity index (χ0) is 21.1. The minimum Gasteiger partial charge on any atom is -0.332 e. The monoisotopic (exact) mass is 435 g/mol. The first-order valence-corrected chi connectivity index (χ1v) is 11.4. The molecule has 0 saturated carbocycles. The molecule has 1 aliphatic carbocycles. The highest BCUT2D eigenvalue weighted by Gasteiger charge is 2.28. The number of amides is 1. The Morgan fingerprint density at radius 2 is 1.77 bits per heavy atom. The maximum absolute atomic E-state index is 13.3. The quantitative estimate of drug-likeness (QED) is 0.425. The van der Waals surface area contributed by atoms with Gasteiger partial charge in [0.15, 0.2) is 5.11 Å². The van der Waals surface area contributed by atoms with Crippen molar-refractivity contribution >= 4 is 51.0 Å². The van der Waals surface area contributed by atoms with Crippen LogP contribution in [0.15, 0.2) is 54.6 Å². The standard InChI is InChI=1S/C24H25N3OS2/c1-15-12-13-18-20(14-15)30-23(27-24(29)25-17-9-4-3-5-10-17)21(18)22(28)26-19-11-7-6-8-16(19)2/h3-11,15H,12-14H2,1-2H3,(H,26,28)(H2,25,27,29). The summed E-state index contributed by atoms with van der Waals surface area (Å²) >= 11 is 7.18. The van der Waals surface area contributed by atoms with Gasteiger partial charge in [-0.05, 0) is 73.6 Å². The van der Waals surface area contributed by atoms with Crippen LogP contribution < -0.4 is 16.0 Å². The zero-order valence-corrected chi connectivity index (χ0v) is 18.8. The second-order valence-electron chi connectivity index (χ2n) is 7.77. The number of aryl methyl sites for hydroxylation is 1. The summed E-state index contributed by atoms with van der Waals surface area (Å²) in [5, 5.41) is 10.9. The van der Waals surface area contributed by atoms with Crippen molar-refractivity contribution in [3.63, 3.8) is 0 Å². The first kappa shape index (κ1) is 20.6. The highest BCUT2D eigenvalue weighted by Crippen LogP contribution is 2.40. The molecule has 3 aromatic rings. The van der Waals surface area contributed by atoms with Gasteiger partial charge in [0.1, 0.15) is 5.00 Å². The SMILES string of the molecule is Cc1ccccc1NC(=O)c1c(NC(=S)Nc2ccccc2)sc2c1CCC(C)C2. The van der Waals surface area contributed by atoms with Crippen molar-refractivity contribution in [2.24, 2.45) is 5.92 Å². The number of fused-ring (bicyclic) bond motifs is 1. The lowest BCUT2D eigenvalue weighted by molar-refractivity contribution is 0.102. The first-order valence-electron chi connectivity index (χ1n) is 10.2. The molecule has 0 fully saturated rings. The van der Waals surface area contributed by atoms with Crippen molar-refractivity contribution in [1.29, 1.82) is 0 Å². The number of hydrogen-bond donors (Lipinski definition) is 3. The Morgan fingerprint density at radius 1 is 1.03 bits per heavy atom. The Balaban J connectivity index is 1.62. The molecular formula is C24H25N3OS2. The van der Waals surface area contributed by atoms with E-state index in [2.05, 4.69) is 22.9 Å². The van der Waals surface area contributed by atoms with Crippen molar-refractivity contribution in [3.8, 4) is 0 Å². The summed E-state index contributed by atoms with van der Waals surface area (Å²) in [4.78, 5) is 14.6. The molecule has 1 atom stereocenters. The largest absolute Gasteiger partial charge is 0.332 e. The van der Waals surface area contributed by atoms with Gasteiger partial charge in [-0.3, -0.25) is 4.79 Å². The van der Waals surface area contributed by atoms with Crippen LogP contribution in [0.5, 0.6) is 0 Å². The number of para-hydroxylation sites is 2. The molecule has 0 saturated heterocycles. The van der Waals surface area contributed by atoms with Crippen LogP contribution in [0.2, 0.25) is 0 Å². The fraction of sp³-hybridized carbons (Fsp3) is 0.250. The van der Waals surface area contributed by atoms with Crippen LogP contribution in [0.3, 0.4) is 0 Å². The summed E-state index contributed by atoms with van der Waals surface area (Å²) in [5.74, 6) is 0.548. The average molecular weight is 436 g/mol. The number of thiocarbonyl (C=S) groups is 1. The lowest BCUT2D eigenvalue weighted by Crippen LogP contribution is -2.22. The second kappa shape index (κ2) is 8.98. The van der Waals surface area contributed by atoms with Crippen LogP contribution in [-0.2, 0) is 12.8 Å². The molecule has 4 rings (SSSR count). The molecule has 1 aliphatic rings. The number of nitrogens with one attached hydrogen (secondary N) is 3. The highest BCUT2D eigenvalue weighted by atomic mass is 32.1. The van der Waals surface area contributed by atoms with Crippen LogP contribution in [0.1, 0.15) is 39.7 Å². The number of anilines is 3. The highest BCUT2D eigenvalue weighted by molar-refractivity contribution is 7.80. The lowest BCUT2D eigenvalue weighted by Gasteiger charge is -2.19. The predicted octanol–water partition coefficient (Wildman–Crippen LogP) is 6.24. The third-order valence-electron chi connectivity index (χ3n) is 5.39. The number of carbonyl (C=O) groups is 1. The molecule has 1 unspecified atom stereocenters. The van der Waals surface area contributed by atoms with E-state index in [9.17, 15) is 4.79 Å². The van der Waals surface area contributed by atoms with E-state index in [1.807, 2.05) is 61.5 Å². The van der Waals surface area contributed by atoms with Crippen LogP contribution in [0.25, 0.3) is 0 Å². The molecule has 0 bridgehead atoms. The van der Waals surface area contributed by atoms with Gasteiger partial charge in [-0.15, -0.1) is 11.3 Å². The van der Waals surface area contributed by atoms with Gasteiger partial charge in [0.2, 0.25) is 0 Å². The first-order chi connectivity index (χ1) is 14.5. The maximum Gasteiger partial charge on any atom is 0.258 e. The van der Waals surface area contributed by atoms with Crippen molar-refractivity contribution in [3.05, 3.63) is 76.2 Å². The minimum atomic E-state index is -0.0821. The molecule has 1 amide bonds. The Bertz CT molecular complexity index is 1080. The Morgan fingerprint density at radius 3 is 2.53 bits per heavy atom. The minimum absolute atomic E-state index is 0.0821. The van der Waals surface area contributed by atoms with E-state index in [0.29, 0.717) is 11.0 Å². The normalized spacial score (nSPS) is 15.2. The van der Waals surface area contributed by atoms with Gasteiger partial charge in [0.25, 0.3) is 5.91 Å². The van der Waals surface area contributed by atoms with Gasteiger partial charge in [0, 0.05) is 16.3 Å². The van der Waals surface area contributed by atoms with Crippen molar-refractivity contribution in [2.45, 2.75) is 33.1 Å². The summed E-state index contributed by atoms with van der Waals surface area (Å²) in [6.07, 6.45) is 3.02. The molecule has 6 heteroatoms. The average Bonchev–Trinajstić information content (AvgIpc) is 3.07. The van der Waals surface area contributed by atoms with Gasteiger partial charge in [-0.25, -0.2) is 0 Å².